The molecule has 4 aromatic carbocycles. The molecule has 3 aromatic heterocycles. The molecule has 0 amide bonds. The number of para-hydroxylation sites is 1. The van der Waals surface area contributed by atoms with Gasteiger partial charge in [0.15, 0.2) is 11.9 Å². The first-order chi connectivity index (χ1) is 16.8. The molecule has 0 bridgehead atoms. The van der Waals surface area contributed by atoms with Gasteiger partial charge in [-0.25, -0.2) is 4.57 Å². The summed E-state index contributed by atoms with van der Waals surface area (Å²) >= 11 is 0. The lowest BCUT2D eigenvalue weighted by molar-refractivity contribution is -0.643. The maximum atomic E-state index is 14.5. The molecule has 7 rings (SSSR count). The lowest BCUT2D eigenvalue weighted by atomic mass is 9.93. The summed E-state index contributed by atoms with van der Waals surface area (Å²) in [5.74, 6) is 0.656. The second-order valence-electron chi connectivity index (χ2n) is 9.16. The van der Waals surface area contributed by atoms with Crippen LogP contribution in [0.15, 0.2) is 66.9 Å². The Morgan fingerprint density at radius 1 is 0.829 bits per heavy atom. The topological polar surface area (TPSA) is 17.5 Å². The van der Waals surface area contributed by atoms with Crippen molar-refractivity contribution in [2.45, 2.75) is 13.1 Å². The molecule has 3 heterocycles. The Kier molecular flexibility index (Phi) is 3.80. The molecule has 0 spiro atoms. The molecule has 0 saturated carbocycles. The lowest BCUT2D eigenvalue weighted by Crippen LogP contribution is -2.29. The molecule has 7 aromatic rings. The Bertz CT molecular complexity index is 2000. The number of aromatic nitrogens is 2. The SMILES string of the molecule is COc1c2ccccc2c(C)c2c1n1c3ccccc3c3c(C(F)(F)F)cc4cc[n+](C)c2c4c31. The number of halogens is 3. The van der Waals surface area contributed by atoms with Gasteiger partial charge in [0.2, 0.25) is 5.52 Å². The van der Waals surface area contributed by atoms with Crippen molar-refractivity contribution >= 4 is 59.8 Å². The van der Waals surface area contributed by atoms with Crippen molar-refractivity contribution in [1.29, 1.82) is 0 Å². The predicted octanol–water partition coefficient (Wildman–Crippen LogP) is 7.30. The zero-order chi connectivity index (χ0) is 24.2. The molecule has 0 atom stereocenters. The van der Waals surface area contributed by atoms with Gasteiger partial charge >= 0.3 is 6.18 Å². The van der Waals surface area contributed by atoms with E-state index in [1.807, 2.05) is 52.5 Å². The van der Waals surface area contributed by atoms with Crippen LogP contribution in [0.4, 0.5) is 13.2 Å². The molecule has 0 aliphatic rings. The van der Waals surface area contributed by atoms with E-state index in [4.69, 9.17) is 4.74 Å². The van der Waals surface area contributed by atoms with E-state index < -0.39 is 11.7 Å². The molecule has 0 fully saturated rings. The van der Waals surface area contributed by atoms with Crippen LogP contribution in [-0.2, 0) is 13.2 Å². The summed E-state index contributed by atoms with van der Waals surface area (Å²) < 4.78 is 53.4. The Labute approximate surface area is 197 Å². The Morgan fingerprint density at radius 2 is 1.51 bits per heavy atom. The molecule has 0 radical (unpaired) electrons. The minimum atomic E-state index is -4.50. The third-order valence-corrected chi connectivity index (χ3v) is 7.41. The number of methoxy groups -OCH3 is 1. The van der Waals surface area contributed by atoms with Crippen molar-refractivity contribution < 1.29 is 22.5 Å². The summed E-state index contributed by atoms with van der Waals surface area (Å²) in [4.78, 5) is 0. The number of hydrogen-bond donors (Lipinski definition) is 0. The first kappa shape index (κ1) is 20.3. The van der Waals surface area contributed by atoms with Gasteiger partial charge in [-0.3, -0.25) is 0 Å². The molecule has 35 heavy (non-hydrogen) atoms. The smallest absolute Gasteiger partial charge is 0.417 e. The molecular weight excluding hydrogens is 449 g/mol. The van der Waals surface area contributed by atoms with E-state index in [1.54, 1.807) is 25.3 Å². The van der Waals surface area contributed by atoms with Crippen LogP contribution in [0.3, 0.4) is 0 Å². The van der Waals surface area contributed by atoms with Crippen LogP contribution < -0.4 is 9.30 Å². The normalized spacial score (nSPS) is 12.9. The van der Waals surface area contributed by atoms with Crippen molar-refractivity contribution in [1.82, 2.24) is 4.40 Å². The van der Waals surface area contributed by atoms with Crippen molar-refractivity contribution in [3.63, 3.8) is 0 Å². The van der Waals surface area contributed by atoms with E-state index in [1.165, 1.54) is 6.07 Å². The summed E-state index contributed by atoms with van der Waals surface area (Å²) in [7, 11) is 3.57. The average molecular weight is 469 g/mol. The van der Waals surface area contributed by atoms with Gasteiger partial charge in [0, 0.05) is 22.2 Å². The Balaban J connectivity index is 1.99. The standard InChI is InChI=1S/C29H20F3N2O/c1-15-17-8-4-5-9-18(17)28(35-3)27-22(15)25-23-16(12-13-33(25)2)14-20(29(30,31)32)24-19-10-6-7-11-21(19)34(27)26(23)24/h4-14H,1-3H3/q+1. The van der Waals surface area contributed by atoms with Gasteiger partial charge < -0.3 is 9.14 Å². The summed E-state index contributed by atoms with van der Waals surface area (Å²) in [5.41, 5.74) is 3.43. The van der Waals surface area contributed by atoms with Crippen molar-refractivity contribution in [3.8, 4) is 5.75 Å². The van der Waals surface area contributed by atoms with Crippen LogP contribution in [0, 0.1) is 6.92 Å². The van der Waals surface area contributed by atoms with E-state index in [2.05, 4.69) is 13.0 Å². The molecule has 3 nitrogen and oxygen atoms in total. The summed E-state index contributed by atoms with van der Waals surface area (Å²) in [6, 6.07) is 18.4. The van der Waals surface area contributed by atoms with Crippen LogP contribution in [0.25, 0.3) is 59.8 Å². The van der Waals surface area contributed by atoms with Crippen LogP contribution >= 0.6 is 0 Å². The highest BCUT2D eigenvalue weighted by Gasteiger charge is 2.37. The summed E-state index contributed by atoms with van der Waals surface area (Å²) in [6.07, 6.45) is -2.65. The second-order valence-corrected chi connectivity index (χ2v) is 9.16. The Hall–Kier alpha value is -4.06. The molecule has 0 aliphatic heterocycles. The number of aryl methyl sites for hydroxylation is 2. The quantitative estimate of drug-likeness (QED) is 0.140. The molecule has 0 aliphatic carbocycles. The molecule has 0 N–H and O–H groups in total. The van der Waals surface area contributed by atoms with Gasteiger partial charge in [-0.2, -0.15) is 13.2 Å². The van der Waals surface area contributed by atoms with Crippen molar-refractivity contribution in [3.05, 3.63) is 78.0 Å². The van der Waals surface area contributed by atoms with E-state index in [0.717, 1.165) is 43.7 Å². The van der Waals surface area contributed by atoms with Crippen molar-refractivity contribution in [2.75, 3.05) is 7.11 Å². The van der Waals surface area contributed by atoms with Crippen LogP contribution in [0.1, 0.15) is 11.1 Å². The number of pyridine rings is 2. The number of benzene rings is 4. The van der Waals surface area contributed by atoms with E-state index in [0.29, 0.717) is 22.0 Å². The maximum absolute atomic E-state index is 14.5. The second kappa shape index (κ2) is 6.54. The largest absolute Gasteiger partial charge is 0.494 e. The van der Waals surface area contributed by atoms with Gasteiger partial charge in [-0.1, -0.05) is 42.5 Å². The molecule has 172 valence electrons. The highest BCUT2D eigenvalue weighted by molar-refractivity contribution is 6.30. The van der Waals surface area contributed by atoms with Gasteiger partial charge in [0.25, 0.3) is 0 Å². The maximum Gasteiger partial charge on any atom is 0.417 e. The van der Waals surface area contributed by atoms with E-state index in [9.17, 15) is 13.2 Å². The number of fused-ring (bicyclic) bond motifs is 7. The molecule has 0 unspecified atom stereocenters. The average Bonchev–Trinajstić information content (AvgIpc) is 3.19. The lowest BCUT2D eigenvalue weighted by Gasteiger charge is -2.19. The minimum Gasteiger partial charge on any atom is -0.494 e. The van der Waals surface area contributed by atoms with Crippen molar-refractivity contribution in [2.24, 2.45) is 7.05 Å². The first-order valence-electron chi connectivity index (χ1n) is 11.4. The number of ether oxygens (including phenoxy) is 1. The molecule has 6 heteroatoms. The zero-order valence-corrected chi connectivity index (χ0v) is 19.3. The third-order valence-electron chi connectivity index (χ3n) is 7.41. The van der Waals surface area contributed by atoms with Gasteiger partial charge in [-0.15, -0.1) is 0 Å². The first-order valence-corrected chi connectivity index (χ1v) is 11.4. The van der Waals surface area contributed by atoms with Crippen LogP contribution in [0.5, 0.6) is 5.75 Å². The fourth-order valence-corrected chi connectivity index (χ4v) is 6.04. The van der Waals surface area contributed by atoms with Crippen LogP contribution in [0.2, 0.25) is 0 Å². The monoisotopic (exact) mass is 469 g/mol. The summed E-state index contributed by atoms with van der Waals surface area (Å²) in [6.45, 7) is 2.08. The highest BCUT2D eigenvalue weighted by Crippen LogP contribution is 2.49. The van der Waals surface area contributed by atoms with E-state index in [-0.39, 0.29) is 5.39 Å². The fraction of sp³-hybridized carbons (Fsp3) is 0.138. The molecular formula is C29H20F3N2O+. The van der Waals surface area contributed by atoms with Crippen LogP contribution in [-0.4, -0.2) is 11.5 Å². The zero-order valence-electron chi connectivity index (χ0n) is 19.3. The predicted molar refractivity (Wildman–Crippen MR) is 134 cm³/mol. The number of rotatable bonds is 1. The molecule has 0 saturated heterocycles. The van der Waals surface area contributed by atoms with Gasteiger partial charge in [0.1, 0.15) is 12.6 Å². The van der Waals surface area contributed by atoms with E-state index >= 15 is 0 Å². The fourth-order valence-electron chi connectivity index (χ4n) is 6.04. The number of alkyl halides is 3. The van der Waals surface area contributed by atoms with Gasteiger partial charge in [-0.05, 0) is 35.4 Å². The number of hydrogen-bond acceptors (Lipinski definition) is 1. The Morgan fingerprint density at radius 3 is 2.23 bits per heavy atom. The third kappa shape index (κ3) is 2.39. The minimum absolute atomic E-state index is 0.228. The summed E-state index contributed by atoms with van der Waals surface area (Å²) in [5, 5.41) is 5.16. The number of nitrogens with zero attached hydrogens (tertiary/aromatic N) is 2. The van der Waals surface area contributed by atoms with Gasteiger partial charge in [0.05, 0.1) is 34.5 Å². The highest BCUT2D eigenvalue weighted by atomic mass is 19.4.